The van der Waals surface area contributed by atoms with Crippen molar-refractivity contribution in [3.63, 3.8) is 0 Å². The molecule has 1 N–H and O–H groups in total. The fraction of sp³-hybridized carbons (Fsp3) is 0.429. The minimum absolute atomic E-state index is 0.125. The van der Waals surface area contributed by atoms with Crippen LogP contribution in [0.2, 0.25) is 0 Å². The van der Waals surface area contributed by atoms with Gasteiger partial charge in [-0.2, -0.15) is 0 Å². The third-order valence-corrected chi connectivity index (χ3v) is 2.86. The predicted molar refractivity (Wildman–Crippen MR) is 71.9 cm³/mol. The first kappa shape index (κ1) is 14.6. The highest BCUT2D eigenvalue weighted by molar-refractivity contribution is 5.18. The van der Waals surface area contributed by atoms with Gasteiger partial charge in [0.25, 0.3) is 0 Å². The molecule has 2 aromatic rings. The molecule has 0 atom stereocenters. The van der Waals surface area contributed by atoms with Crippen molar-refractivity contribution in [3.8, 4) is 0 Å². The number of halogens is 2. The SMILES string of the molecule is CC(C)(C)n1cc(CNCc2cc(F)ccc2F)nn1. The lowest BCUT2D eigenvalue weighted by atomic mass is 10.1. The number of nitrogens with zero attached hydrogens (tertiary/aromatic N) is 3. The van der Waals surface area contributed by atoms with Crippen molar-refractivity contribution in [1.29, 1.82) is 0 Å². The summed E-state index contributed by atoms with van der Waals surface area (Å²) < 4.78 is 28.2. The lowest BCUT2D eigenvalue weighted by molar-refractivity contribution is 0.347. The largest absolute Gasteiger partial charge is 0.307 e. The van der Waals surface area contributed by atoms with Gasteiger partial charge in [-0.1, -0.05) is 5.21 Å². The second kappa shape index (κ2) is 5.66. The molecule has 1 heterocycles. The molecule has 0 bridgehead atoms. The second-order valence-corrected chi connectivity index (χ2v) is 5.66. The van der Waals surface area contributed by atoms with Crippen molar-refractivity contribution in [2.24, 2.45) is 0 Å². The van der Waals surface area contributed by atoms with Crippen LogP contribution in [0.25, 0.3) is 0 Å². The van der Waals surface area contributed by atoms with Crippen molar-refractivity contribution in [2.45, 2.75) is 39.4 Å². The molecule has 4 nitrogen and oxygen atoms in total. The number of benzene rings is 1. The van der Waals surface area contributed by atoms with Crippen molar-refractivity contribution >= 4 is 0 Å². The van der Waals surface area contributed by atoms with Crippen LogP contribution in [0.3, 0.4) is 0 Å². The molecular weight excluding hydrogens is 262 g/mol. The summed E-state index contributed by atoms with van der Waals surface area (Å²) in [5.74, 6) is -0.862. The second-order valence-electron chi connectivity index (χ2n) is 5.66. The third kappa shape index (κ3) is 3.60. The van der Waals surface area contributed by atoms with Crippen LogP contribution in [-0.4, -0.2) is 15.0 Å². The summed E-state index contributed by atoms with van der Waals surface area (Å²) in [5.41, 5.74) is 0.935. The molecule has 2 rings (SSSR count). The molecule has 0 unspecified atom stereocenters. The summed E-state index contributed by atoms with van der Waals surface area (Å²) in [6.45, 7) is 6.78. The smallest absolute Gasteiger partial charge is 0.127 e. The van der Waals surface area contributed by atoms with Crippen molar-refractivity contribution < 1.29 is 8.78 Å². The number of aromatic nitrogens is 3. The van der Waals surface area contributed by atoms with Gasteiger partial charge in [0.1, 0.15) is 11.6 Å². The molecule has 0 aliphatic carbocycles. The Labute approximate surface area is 116 Å². The van der Waals surface area contributed by atoms with E-state index in [-0.39, 0.29) is 12.1 Å². The molecule has 1 aromatic carbocycles. The van der Waals surface area contributed by atoms with Gasteiger partial charge in [-0.15, -0.1) is 5.10 Å². The molecule has 0 saturated heterocycles. The molecule has 0 aliphatic rings. The first-order valence-corrected chi connectivity index (χ1v) is 6.42. The molecule has 0 spiro atoms. The van der Waals surface area contributed by atoms with Crippen LogP contribution < -0.4 is 5.32 Å². The molecule has 0 aliphatic heterocycles. The van der Waals surface area contributed by atoms with E-state index in [1.807, 2.05) is 27.0 Å². The van der Waals surface area contributed by atoms with E-state index in [0.29, 0.717) is 12.1 Å². The maximum absolute atomic E-state index is 13.4. The lowest BCUT2D eigenvalue weighted by Gasteiger charge is -2.17. The summed E-state index contributed by atoms with van der Waals surface area (Å²) in [7, 11) is 0. The molecule has 20 heavy (non-hydrogen) atoms. The van der Waals surface area contributed by atoms with Gasteiger partial charge >= 0.3 is 0 Å². The number of nitrogens with one attached hydrogen (secondary N) is 1. The van der Waals surface area contributed by atoms with Crippen molar-refractivity contribution in [2.75, 3.05) is 0 Å². The van der Waals surface area contributed by atoms with Crippen LogP contribution in [0.4, 0.5) is 8.78 Å². The van der Waals surface area contributed by atoms with E-state index in [1.165, 1.54) is 6.07 Å². The van der Waals surface area contributed by atoms with Crippen LogP contribution >= 0.6 is 0 Å². The van der Waals surface area contributed by atoms with E-state index in [4.69, 9.17) is 0 Å². The van der Waals surface area contributed by atoms with Gasteiger partial charge in [-0.3, -0.25) is 0 Å². The molecule has 0 saturated carbocycles. The first-order valence-electron chi connectivity index (χ1n) is 6.42. The Balaban J connectivity index is 1.93. The Kier molecular flexibility index (Phi) is 4.13. The van der Waals surface area contributed by atoms with E-state index in [9.17, 15) is 8.78 Å². The number of hydrogen-bond acceptors (Lipinski definition) is 3. The number of rotatable bonds is 4. The topological polar surface area (TPSA) is 42.7 Å². The molecule has 0 amide bonds. The Morgan fingerprint density at radius 1 is 1.20 bits per heavy atom. The van der Waals surface area contributed by atoms with Crippen molar-refractivity contribution in [1.82, 2.24) is 20.3 Å². The van der Waals surface area contributed by atoms with E-state index < -0.39 is 11.6 Å². The Bertz CT molecular complexity index is 587. The average molecular weight is 280 g/mol. The minimum Gasteiger partial charge on any atom is -0.307 e. The van der Waals surface area contributed by atoms with Gasteiger partial charge in [0.05, 0.1) is 17.4 Å². The zero-order valence-corrected chi connectivity index (χ0v) is 11.8. The van der Waals surface area contributed by atoms with Crippen molar-refractivity contribution in [3.05, 3.63) is 47.3 Å². The standard InChI is InChI=1S/C14H18F2N4/c1-14(2,3)20-9-12(18-19-20)8-17-7-10-6-11(15)4-5-13(10)16/h4-6,9,17H,7-8H2,1-3H3. The quantitative estimate of drug-likeness (QED) is 0.936. The first-order chi connectivity index (χ1) is 9.36. The third-order valence-electron chi connectivity index (χ3n) is 2.86. The van der Waals surface area contributed by atoms with Gasteiger partial charge < -0.3 is 5.32 Å². The van der Waals surface area contributed by atoms with E-state index >= 15 is 0 Å². The van der Waals surface area contributed by atoms with E-state index in [1.54, 1.807) is 4.68 Å². The Morgan fingerprint density at radius 2 is 1.95 bits per heavy atom. The van der Waals surface area contributed by atoms with Crippen LogP contribution in [0.15, 0.2) is 24.4 Å². The van der Waals surface area contributed by atoms with Gasteiger partial charge in [-0.25, -0.2) is 13.5 Å². The summed E-state index contributed by atoms with van der Waals surface area (Å²) in [4.78, 5) is 0. The predicted octanol–water partition coefficient (Wildman–Crippen LogP) is 2.60. The monoisotopic (exact) mass is 280 g/mol. The van der Waals surface area contributed by atoms with Crippen LogP contribution in [-0.2, 0) is 18.6 Å². The zero-order chi connectivity index (χ0) is 14.8. The Morgan fingerprint density at radius 3 is 2.60 bits per heavy atom. The number of hydrogen-bond donors (Lipinski definition) is 1. The van der Waals surface area contributed by atoms with Crippen LogP contribution in [0.1, 0.15) is 32.0 Å². The summed E-state index contributed by atoms with van der Waals surface area (Å²) in [5, 5.41) is 11.1. The lowest BCUT2D eigenvalue weighted by Crippen LogP contribution is -2.22. The molecule has 1 aromatic heterocycles. The van der Waals surface area contributed by atoms with Gasteiger partial charge in [-0.05, 0) is 39.0 Å². The summed E-state index contributed by atoms with van der Waals surface area (Å²) in [6.07, 6.45) is 1.84. The maximum atomic E-state index is 13.4. The molecule has 108 valence electrons. The normalized spacial score (nSPS) is 11.8. The van der Waals surface area contributed by atoms with Gasteiger partial charge in [0.15, 0.2) is 0 Å². The molecule has 6 heteroatoms. The summed E-state index contributed by atoms with van der Waals surface area (Å²) >= 11 is 0. The van der Waals surface area contributed by atoms with Gasteiger partial charge in [0.2, 0.25) is 0 Å². The van der Waals surface area contributed by atoms with E-state index in [0.717, 1.165) is 17.8 Å². The summed E-state index contributed by atoms with van der Waals surface area (Å²) in [6, 6.07) is 3.42. The highest BCUT2D eigenvalue weighted by Gasteiger charge is 2.14. The van der Waals surface area contributed by atoms with Gasteiger partial charge in [0, 0.05) is 18.7 Å². The average Bonchev–Trinajstić information content (AvgIpc) is 2.82. The molecular formula is C14H18F2N4. The highest BCUT2D eigenvalue weighted by atomic mass is 19.1. The van der Waals surface area contributed by atoms with Crippen LogP contribution in [0, 0.1) is 11.6 Å². The maximum Gasteiger partial charge on any atom is 0.127 e. The highest BCUT2D eigenvalue weighted by Crippen LogP contribution is 2.12. The Hall–Kier alpha value is -1.82. The van der Waals surface area contributed by atoms with E-state index in [2.05, 4.69) is 15.6 Å². The van der Waals surface area contributed by atoms with Crippen LogP contribution in [0.5, 0.6) is 0 Å². The fourth-order valence-electron chi connectivity index (χ4n) is 1.71. The molecule has 0 radical (unpaired) electrons. The fourth-order valence-corrected chi connectivity index (χ4v) is 1.71. The minimum atomic E-state index is -0.443. The molecule has 0 fully saturated rings. The zero-order valence-electron chi connectivity index (χ0n) is 11.8.